The number of esters is 1. The zero-order chi connectivity index (χ0) is 15.7. The van der Waals surface area contributed by atoms with Crippen LogP contribution in [0.5, 0.6) is 5.75 Å². The van der Waals surface area contributed by atoms with Crippen molar-refractivity contribution in [2.45, 2.75) is 6.54 Å². The van der Waals surface area contributed by atoms with E-state index in [9.17, 15) is 4.79 Å². The van der Waals surface area contributed by atoms with Crippen LogP contribution >= 0.6 is 12.2 Å². The van der Waals surface area contributed by atoms with Crippen LogP contribution in [0.25, 0.3) is 0 Å². The molecular formula is C14H20N2O4S. The van der Waals surface area contributed by atoms with Crippen LogP contribution in [-0.4, -0.2) is 45.6 Å². The lowest BCUT2D eigenvalue weighted by atomic mass is 10.1. The van der Waals surface area contributed by atoms with E-state index in [-0.39, 0.29) is 0 Å². The molecule has 0 radical (unpaired) electrons. The van der Waals surface area contributed by atoms with Gasteiger partial charge in [-0.3, -0.25) is 0 Å². The molecule has 0 saturated heterocycles. The smallest absolute Gasteiger partial charge is 0.341 e. The molecule has 0 amide bonds. The Bertz CT molecular complexity index is 494. The molecule has 0 atom stereocenters. The van der Waals surface area contributed by atoms with E-state index in [2.05, 4.69) is 10.6 Å². The number of carbonyl (C=O) groups is 1. The van der Waals surface area contributed by atoms with E-state index in [1.54, 1.807) is 19.2 Å². The van der Waals surface area contributed by atoms with Crippen LogP contribution < -0.4 is 15.4 Å². The predicted molar refractivity (Wildman–Crippen MR) is 83.6 cm³/mol. The molecule has 0 heterocycles. The summed E-state index contributed by atoms with van der Waals surface area (Å²) in [7, 11) is 4.47. The van der Waals surface area contributed by atoms with Gasteiger partial charge in [0, 0.05) is 20.2 Å². The maximum absolute atomic E-state index is 11.7. The van der Waals surface area contributed by atoms with Gasteiger partial charge < -0.3 is 24.8 Å². The Kier molecular flexibility index (Phi) is 7.49. The van der Waals surface area contributed by atoms with Crippen molar-refractivity contribution in [1.82, 2.24) is 10.6 Å². The van der Waals surface area contributed by atoms with E-state index in [0.29, 0.717) is 36.1 Å². The summed E-state index contributed by atoms with van der Waals surface area (Å²) in [6.45, 7) is 1.71. The van der Waals surface area contributed by atoms with Crippen LogP contribution in [0, 0.1) is 0 Å². The Morgan fingerprint density at radius 3 is 2.62 bits per heavy atom. The molecule has 1 rings (SSSR count). The zero-order valence-electron chi connectivity index (χ0n) is 12.4. The highest BCUT2D eigenvalue weighted by atomic mass is 32.1. The number of methoxy groups -OCH3 is 3. The molecule has 0 aliphatic carbocycles. The summed E-state index contributed by atoms with van der Waals surface area (Å²) < 4.78 is 14.8. The summed E-state index contributed by atoms with van der Waals surface area (Å²) in [6.07, 6.45) is 0. The fourth-order valence-electron chi connectivity index (χ4n) is 1.65. The fourth-order valence-corrected chi connectivity index (χ4v) is 1.82. The lowest BCUT2D eigenvalue weighted by molar-refractivity contribution is 0.0597. The van der Waals surface area contributed by atoms with Crippen molar-refractivity contribution >= 4 is 23.3 Å². The fraction of sp³-hybridized carbons (Fsp3) is 0.429. The summed E-state index contributed by atoms with van der Waals surface area (Å²) in [6, 6.07) is 5.30. The first kappa shape index (κ1) is 17.2. The first-order valence-electron chi connectivity index (χ1n) is 6.38. The molecular weight excluding hydrogens is 292 g/mol. The number of rotatable bonds is 7. The van der Waals surface area contributed by atoms with Gasteiger partial charge in [-0.25, -0.2) is 4.79 Å². The first-order valence-corrected chi connectivity index (χ1v) is 6.79. The molecule has 1 aromatic rings. The summed E-state index contributed by atoms with van der Waals surface area (Å²) in [5.74, 6) is 0.0425. The number of thiocarbonyl (C=S) groups is 1. The molecule has 0 spiro atoms. The zero-order valence-corrected chi connectivity index (χ0v) is 13.2. The minimum Gasteiger partial charge on any atom is -0.496 e. The van der Waals surface area contributed by atoms with Gasteiger partial charge in [0.15, 0.2) is 5.11 Å². The average molecular weight is 312 g/mol. The third-order valence-electron chi connectivity index (χ3n) is 2.71. The molecule has 0 aliphatic heterocycles. The Balaban J connectivity index is 2.63. The highest BCUT2D eigenvalue weighted by molar-refractivity contribution is 7.80. The molecule has 21 heavy (non-hydrogen) atoms. The molecule has 116 valence electrons. The highest BCUT2D eigenvalue weighted by Crippen LogP contribution is 2.20. The SMILES string of the molecule is COCCNC(=S)NCc1ccc(OC)c(C(=O)OC)c1. The minimum absolute atomic E-state index is 0.387. The summed E-state index contributed by atoms with van der Waals surface area (Å²) in [5.41, 5.74) is 1.28. The highest BCUT2D eigenvalue weighted by Gasteiger charge is 2.13. The lowest BCUT2D eigenvalue weighted by Gasteiger charge is -2.12. The normalized spacial score (nSPS) is 9.86. The van der Waals surface area contributed by atoms with Crippen LogP contribution in [0.15, 0.2) is 18.2 Å². The standard InChI is InChI=1S/C14H20N2O4S/c1-18-7-6-15-14(21)16-9-10-4-5-12(19-2)11(8-10)13(17)20-3/h4-5,8H,6-7,9H2,1-3H3,(H2,15,16,21). The topological polar surface area (TPSA) is 68.8 Å². The van der Waals surface area contributed by atoms with Crippen LogP contribution in [0.3, 0.4) is 0 Å². The van der Waals surface area contributed by atoms with Crippen molar-refractivity contribution in [3.05, 3.63) is 29.3 Å². The molecule has 2 N–H and O–H groups in total. The van der Waals surface area contributed by atoms with Gasteiger partial charge in [0.2, 0.25) is 0 Å². The van der Waals surface area contributed by atoms with E-state index in [1.807, 2.05) is 6.07 Å². The number of hydrogen-bond donors (Lipinski definition) is 2. The van der Waals surface area contributed by atoms with Crippen molar-refractivity contribution in [2.24, 2.45) is 0 Å². The Morgan fingerprint density at radius 1 is 1.24 bits per heavy atom. The molecule has 0 aliphatic rings. The molecule has 6 nitrogen and oxygen atoms in total. The largest absolute Gasteiger partial charge is 0.496 e. The minimum atomic E-state index is -0.436. The molecule has 0 unspecified atom stereocenters. The summed E-state index contributed by atoms with van der Waals surface area (Å²) >= 11 is 5.13. The van der Waals surface area contributed by atoms with Gasteiger partial charge >= 0.3 is 5.97 Å². The van der Waals surface area contributed by atoms with Crippen molar-refractivity contribution in [3.63, 3.8) is 0 Å². The van der Waals surface area contributed by atoms with Gasteiger partial charge in [-0.05, 0) is 29.9 Å². The van der Waals surface area contributed by atoms with Gasteiger partial charge in [-0.1, -0.05) is 6.07 Å². The van der Waals surface area contributed by atoms with Crippen molar-refractivity contribution in [2.75, 3.05) is 34.5 Å². The third kappa shape index (κ3) is 5.57. The van der Waals surface area contributed by atoms with Crippen molar-refractivity contribution in [3.8, 4) is 5.75 Å². The number of ether oxygens (including phenoxy) is 3. The van der Waals surface area contributed by atoms with Gasteiger partial charge in [-0.2, -0.15) is 0 Å². The lowest BCUT2D eigenvalue weighted by Crippen LogP contribution is -2.36. The van der Waals surface area contributed by atoms with E-state index in [1.165, 1.54) is 14.2 Å². The summed E-state index contributed by atoms with van der Waals surface area (Å²) in [5, 5.41) is 6.59. The molecule has 0 fully saturated rings. The van der Waals surface area contributed by atoms with E-state index < -0.39 is 5.97 Å². The second-order valence-electron chi connectivity index (χ2n) is 4.13. The van der Waals surface area contributed by atoms with Crippen molar-refractivity contribution in [1.29, 1.82) is 0 Å². The number of carbonyl (C=O) groups excluding carboxylic acids is 1. The molecule has 1 aromatic carbocycles. The second kappa shape index (κ2) is 9.15. The Morgan fingerprint density at radius 2 is 2.00 bits per heavy atom. The maximum atomic E-state index is 11.7. The van der Waals surface area contributed by atoms with Crippen LogP contribution in [0.1, 0.15) is 15.9 Å². The summed E-state index contributed by atoms with van der Waals surface area (Å²) in [4.78, 5) is 11.7. The second-order valence-corrected chi connectivity index (χ2v) is 4.54. The van der Waals surface area contributed by atoms with Crippen LogP contribution in [0.2, 0.25) is 0 Å². The average Bonchev–Trinajstić information content (AvgIpc) is 2.52. The Labute approximate surface area is 129 Å². The van der Waals surface area contributed by atoms with Crippen molar-refractivity contribution < 1.29 is 19.0 Å². The first-order chi connectivity index (χ1) is 10.1. The number of nitrogens with one attached hydrogen (secondary N) is 2. The van der Waals surface area contributed by atoms with E-state index >= 15 is 0 Å². The van der Waals surface area contributed by atoms with Gasteiger partial charge in [-0.15, -0.1) is 0 Å². The van der Waals surface area contributed by atoms with Gasteiger partial charge in [0.25, 0.3) is 0 Å². The molecule has 7 heteroatoms. The number of benzene rings is 1. The van der Waals surface area contributed by atoms with Gasteiger partial charge in [0.1, 0.15) is 11.3 Å². The van der Waals surface area contributed by atoms with E-state index in [0.717, 1.165) is 5.56 Å². The third-order valence-corrected chi connectivity index (χ3v) is 3.00. The monoisotopic (exact) mass is 312 g/mol. The van der Waals surface area contributed by atoms with Crippen LogP contribution in [0.4, 0.5) is 0 Å². The quantitative estimate of drug-likeness (QED) is 0.444. The van der Waals surface area contributed by atoms with E-state index in [4.69, 9.17) is 26.4 Å². The maximum Gasteiger partial charge on any atom is 0.341 e. The molecule has 0 bridgehead atoms. The predicted octanol–water partition coefficient (Wildman–Crippen LogP) is 1.09. The van der Waals surface area contributed by atoms with Gasteiger partial charge in [0.05, 0.1) is 20.8 Å². The van der Waals surface area contributed by atoms with Crippen LogP contribution in [-0.2, 0) is 16.0 Å². The molecule has 0 aromatic heterocycles. The number of hydrogen-bond acceptors (Lipinski definition) is 5. The Hall–Kier alpha value is -1.86. The molecule has 0 saturated carbocycles.